The van der Waals surface area contributed by atoms with Gasteiger partial charge in [-0.2, -0.15) is 0 Å². The molecule has 0 aliphatic heterocycles. The lowest BCUT2D eigenvalue weighted by molar-refractivity contribution is 0.428. The molecule has 0 rings (SSSR count). The molecule has 0 saturated heterocycles. The van der Waals surface area contributed by atoms with Crippen LogP contribution in [0.4, 0.5) is 0 Å². The van der Waals surface area contributed by atoms with E-state index in [0.717, 1.165) is 0 Å². The van der Waals surface area contributed by atoms with E-state index in [1.165, 1.54) is 51.5 Å². The molecular weight excluding hydrogens is 170 g/mol. The quantitative estimate of drug-likeness (QED) is 0.501. The molecule has 0 aromatic rings. The molecule has 0 spiro atoms. The van der Waals surface area contributed by atoms with Gasteiger partial charge < -0.3 is 4.90 Å². The predicted molar refractivity (Wildman–Crippen MR) is 65.4 cm³/mol. The Labute approximate surface area is 90.2 Å². The van der Waals surface area contributed by atoms with Crippen molar-refractivity contribution in [3.8, 4) is 0 Å². The van der Waals surface area contributed by atoms with Crippen molar-refractivity contribution in [2.45, 2.75) is 58.8 Å². The lowest BCUT2D eigenvalue weighted by atomic mass is 10.1. The molecular formula is C13H27N. The molecule has 0 bridgehead atoms. The molecule has 0 fully saturated rings. The standard InChI is InChI=1S/C13H27N/c1-4-6-8-9-11-13-14(3)12-10-7-5-2/h10,12H,4-9,11,13H2,1-3H3/b12-10-. The highest BCUT2D eigenvalue weighted by molar-refractivity contribution is 4.79. The summed E-state index contributed by atoms with van der Waals surface area (Å²) in [4.78, 5) is 2.31. The Hall–Kier alpha value is -0.460. The van der Waals surface area contributed by atoms with Crippen molar-refractivity contribution in [1.29, 1.82) is 0 Å². The van der Waals surface area contributed by atoms with Crippen molar-refractivity contribution in [3.63, 3.8) is 0 Å². The van der Waals surface area contributed by atoms with Crippen LogP contribution in [0.1, 0.15) is 58.8 Å². The van der Waals surface area contributed by atoms with Crippen LogP contribution in [0.2, 0.25) is 0 Å². The summed E-state index contributed by atoms with van der Waals surface area (Å²) in [6.45, 7) is 5.69. The second-order valence-corrected chi connectivity index (χ2v) is 4.07. The van der Waals surface area contributed by atoms with E-state index >= 15 is 0 Å². The van der Waals surface area contributed by atoms with Crippen molar-refractivity contribution < 1.29 is 0 Å². The molecule has 0 saturated carbocycles. The Bertz CT molecular complexity index is 129. The maximum absolute atomic E-state index is 2.31. The third-order valence-electron chi connectivity index (χ3n) is 2.43. The van der Waals surface area contributed by atoms with Gasteiger partial charge in [-0.3, -0.25) is 0 Å². The molecule has 0 aliphatic carbocycles. The summed E-state index contributed by atoms with van der Waals surface area (Å²) in [6, 6.07) is 0. The van der Waals surface area contributed by atoms with Crippen molar-refractivity contribution in [1.82, 2.24) is 4.90 Å². The number of rotatable bonds is 9. The fraction of sp³-hybridized carbons (Fsp3) is 0.846. The molecule has 0 aromatic heterocycles. The number of unbranched alkanes of at least 4 members (excludes halogenated alkanes) is 5. The molecule has 1 nitrogen and oxygen atoms in total. The topological polar surface area (TPSA) is 3.24 Å². The van der Waals surface area contributed by atoms with Crippen LogP contribution in [0.5, 0.6) is 0 Å². The number of nitrogens with zero attached hydrogens (tertiary/aromatic N) is 1. The van der Waals surface area contributed by atoms with Crippen molar-refractivity contribution in [2.75, 3.05) is 13.6 Å². The average molecular weight is 197 g/mol. The van der Waals surface area contributed by atoms with Gasteiger partial charge in [0.15, 0.2) is 0 Å². The van der Waals surface area contributed by atoms with Crippen molar-refractivity contribution in [3.05, 3.63) is 12.3 Å². The first-order valence-electron chi connectivity index (χ1n) is 6.18. The van der Waals surface area contributed by atoms with Crippen LogP contribution in [-0.4, -0.2) is 18.5 Å². The highest BCUT2D eigenvalue weighted by atomic mass is 15.1. The van der Waals surface area contributed by atoms with Crippen LogP contribution in [-0.2, 0) is 0 Å². The molecule has 84 valence electrons. The first kappa shape index (κ1) is 13.5. The molecule has 0 atom stereocenters. The number of hydrogen-bond acceptors (Lipinski definition) is 1. The Morgan fingerprint density at radius 2 is 1.64 bits per heavy atom. The van der Waals surface area contributed by atoms with Gasteiger partial charge >= 0.3 is 0 Å². The van der Waals surface area contributed by atoms with E-state index in [1.807, 2.05) is 0 Å². The summed E-state index contributed by atoms with van der Waals surface area (Å²) in [5, 5.41) is 0. The lowest BCUT2D eigenvalue weighted by Crippen LogP contribution is -2.11. The molecule has 14 heavy (non-hydrogen) atoms. The van der Waals surface area contributed by atoms with E-state index < -0.39 is 0 Å². The highest BCUT2D eigenvalue weighted by Gasteiger charge is 1.91. The fourth-order valence-electron chi connectivity index (χ4n) is 1.46. The molecule has 0 aromatic carbocycles. The molecule has 0 unspecified atom stereocenters. The van der Waals surface area contributed by atoms with Crippen LogP contribution >= 0.6 is 0 Å². The van der Waals surface area contributed by atoms with Gasteiger partial charge in [-0.15, -0.1) is 0 Å². The van der Waals surface area contributed by atoms with E-state index in [-0.39, 0.29) is 0 Å². The zero-order valence-electron chi connectivity index (χ0n) is 10.3. The van der Waals surface area contributed by atoms with Gasteiger partial charge in [-0.1, -0.05) is 52.0 Å². The second kappa shape index (κ2) is 10.6. The summed E-state index contributed by atoms with van der Waals surface area (Å²) in [5.41, 5.74) is 0. The van der Waals surface area contributed by atoms with Crippen LogP contribution in [0, 0.1) is 0 Å². The fourth-order valence-corrected chi connectivity index (χ4v) is 1.46. The van der Waals surface area contributed by atoms with Crippen LogP contribution < -0.4 is 0 Å². The molecule has 0 radical (unpaired) electrons. The van der Waals surface area contributed by atoms with E-state index in [1.54, 1.807) is 0 Å². The predicted octanol–water partition coefficient (Wildman–Crippen LogP) is 4.20. The monoisotopic (exact) mass is 197 g/mol. The van der Waals surface area contributed by atoms with E-state index in [0.29, 0.717) is 0 Å². The highest BCUT2D eigenvalue weighted by Crippen LogP contribution is 2.03. The Kier molecular flexibility index (Phi) is 10.3. The van der Waals surface area contributed by atoms with Gasteiger partial charge in [0.25, 0.3) is 0 Å². The summed E-state index contributed by atoms with van der Waals surface area (Å²) in [5.74, 6) is 0. The maximum Gasteiger partial charge on any atom is 0.0169 e. The van der Waals surface area contributed by atoms with Crippen molar-refractivity contribution in [2.24, 2.45) is 0 Å². The second-order valence-electron chi connectivity index (χ2n) is 4.07. The average Bonchev–Trinajstić information content (AvgIpc) is 2.18. The van der Waals surface area contributed by atoms with E-state index in [2.05, 4.69) is 38.1 Å². The van der Waals surface area contributed by atoms with Gasteiger partial charge in [0.2, 0.25) is 0 Å². The minimum atomic E-state index is 1.21. The zero-order valence-corrected chi connectivity index (χ0v) is 10.3. The minimum Gasteiger partial charge on any atom is -0.381 e. The maximum atomic E-state index is 2.31. The zero-order chi connectivity index (χ0) is 10.6. The first-order valence-corrected chi connectivity index (χ1v) is 6.18. The Morgan fingerprint density at radius 3 is 2.29 bits per heavy atom. The third kappa shape index (κ3) is 9.63. The SMILES string of the molecule is CCC/C=C\N(C)CCCCCCC. The van der Waals surface area contributed by atoms with Crippen LogP contribution in [0.15, 0.2) is 12.3 Å². The van der Waals surface area contributed by atoms with E-state index in [9.17, 15) is 0 Å². The summed E-state index contributed by atoms with van der Waals surface area (Å²) >= 11 is 0. The molecule has 0 aliphatic rings. The molecule has 0 N–H and O–H groups in total. The normalized spacial score (nSPS) is 11.1. The smallest absolute Gasteiger partial charge is 0.0169 e. The molecule has 0 amide bonds. The number of allylic oxidation sites excluding steroid dienone is 1. The first-order chi connectivity index (χ1) is 6.81. The van der Waals surface area contributed by atoms with Crippen molar-refractivity contribution >= 4 is 0 Å². The molecule has 1 heteroatoms. The summed E-state index contributed by atoms with van der Waals surface area (Å²) in [7, 11) is 2.17. The Balaban J connectivity index is 3.21. The largest absolute Gasteiger partial charge is 0.381 e. The van der Waals surface area contributed by atoms with E-state index in [4.69, 9.17) is 0 Å². The molecule has 0 heterocycles. The van der Waals surface area contributed by atoms with Crippen LogP contribution in [0.25, 0.3) is 0 Å². The van der Waals surface area contributed by atoms with Crippen LogP contribution in [0.3, 0.4) is 0 Å². The van der Waals surface area contributed by atoms with Gasteiger partial charge in [-0.25, -0.2) is 0 Å². The summed E-state index contributed by atoms with van der Waals surface area (Å²) < 4.78 is 0. The van der Waals surface area contributed by atoms with Gasteiger partial charge in [0.05, 0.1) is 0 Å². The Morgan fingerprint density at radius 1 is 0.929 bits per heavy atom. The minimum absolute atomic E-state index is 1.21. The lowest BCUT2D eigenvalue weighted by Gasteiger charge is -2.13. The van der Waals surface area contributed by atoms with Gasteiger partial charge in [-0.05, 0) is 19.0 Å². The van der Waals surface area contributed by atoms with Gasteiger partial charge in [0.1, 0.15) is 0 Å². The number of hydrogen-bond donors (Lipinski definition) is 0. The van der Waals surface area contributed by atoms with Gasteiger partial charge in [0, 0.05) is 13.6 Å². The third-order valence-corrected chi connectivity index (χ3v) is 2.43. The summed E-state index contributed by atoms with van der Waals surface area (Å²) in [6.07, 6.45) is 13.8.